The molecular formula is C17H18O2. The van der Waals surface area contributed by atoms with Crippen LogP contribution in [0.25, 0.3) is 11.1 Å². The van der Waals surface area contributed by atoms with E-state index in [9.17, 15) is 0 Å². The minimum Gasteiger partial charge on any atom is -0.493 e. The highest BCUT2D eigenvalue weighted by Crippen LogP contribution is 2.40. The molecule has 0 radical (unpaired) electrons. The van der Waals surface area contributed by atoms with E-state index in [1.165, 1.54) is 24.0 Å². The van der Waals surface area contributed by atoms with Crippen LogP contribution in [0.3, 0.4) is 0 Å². The van der Waals surface area contributed by atoms with Crippen LogP contribution in [0.15, 0.2) is 42.5 Å². The van der Waals surface area contributed by atoms with E-state index in [0.717, 1.165) is 23.0 Å². The number of methoxy groups -OCH3 is 2. The van der Waals surface area contributed by atoms with Crippen molar-refractivity contribution in [1.29, 1.82) is 0 Å². The van der Waals surface area contributed by atoms with Gasteiger partial charge < -0.3 is 9.47 Å². The van der Waals surface area contributed by atoms with Crippen molar-refractivity contribution in [3.05, 3.63) is 48.0 Å². The lowest BCUT2D eigenvalue weighted by atomic mass is 10.0. The van der Waals surface area contributed by atoms with E-state index in [1.54, 1.807) is 14.2 Å². The first-order valence-corrected chi connectivity index (χ1v) is 6.64. The molecule has 2 nitrogen and oxygen atoms in total. The van der Waals surface area contributed by atoms with Gasteiger partial charge in [0.2, 0.25) is 0 Å². The van der Waals surface area contributed by atoms with Crippen LogP contribution in [0, 0.1) is 0 Å². The van der Waals surface area contributed by atoms with Crippen molar-refractivity contribution in [1.82, 2.24) is 0 Å². The summed E-state index contributed by atoms with van der Waals surface area (Å²) in [5, 5.41) is 0. The lowest BCUT2D eigenvalue weighted by molar-refractivity contribution is 0.355. The Balaban J connectivity index is 1.92. The predicted octanol–water partition coefficient (Wildman–Crippen LogP) is 4.25. The molecule has 0 amide bonds. The lowest BCUT2D eigenvalue weighted by Gasteiger charge is -2.10. The van der Waals surface area contributed by atoms with Crippen molar-refractivity contribution in [3.8, 4) is 22.6 Å². The quantitative estimate of drug-likeness (QED) is 0.812. The molecule has 1 aliphatic rings. The maximum Gasteiger partial charge on any atom is 0.161 e. The molecule has 3 rings (SSSR count). The van der Waals surface area contributed by atoms with Gasteiger partial charge in [-0.2, -0.15) is 0 Å². The minimum absolute atomic E-state index is 0.765. The predicted molar refractivity (Wildman–Crippen MR) is 77.0 cm³/mol. The van der Waals surface area contributed by atoms with E-state index >= 15 is 0 Å². The Morgan fingerprint density at radius 2 is 1.42 bits per heavy atom. The summed E-state index contributed by atoms with van der Waals surface area (Å²) in [6, 6.07) is 14.9. The van der Waals surface area contributed by atoms with Crippen molar-refractivity contribution in [3.63, 3.8) is 0 Å². The molecule has 2 aromatic carbocycles. The van der Waals surface area contributed by atoms with Crippen molar-refractivity contribution in [2.24, 2.45) is 0 Å². The summed E-state index contributed by atoms with van der Waals surface area (Å²) in [5.41, 5.74) is 3.83. The molecule has 1 fully saturated rings. The Morgan fingerprint density at radius 1 is 0.789 bits per heavy atom. The average Bonchev–Trinajstić information content (AvgIpc) is 3.31. The van der Waals surface area contributed by atoms with Gasteiger partial charge >= 0.3 is 0 Å². The number of benzene rings is 2. The van der Waals surface area contributed by atoms with Gasteiger partial charge in [-0.05, 0) is 47.6 Å². The van der Waals surface area contributed by atoms with Gasteiger partial charge in [0, 0.05) is 0 Å². The van der Waals surface area contributed by atoms with Gasteiger partial charge in [-0.15, -0.1) is 0 Å². The first-order valence-electron chi connectivity index (χ1n) is 6.64. The van der Waals surface area contributed by atoms with Crippen LogP contribution in [-0.4, -0.2) is 14.2 Å². The molecule has 0 N–H and O–H groups in total. The van der Waals surface area contributed by atoms with Gasteiger partial charge in [0.15, 0.2) is 11.5 Å². The normalized spacial score (nSPS) is 14.2. The fourth-order valence-electron chi connectivity index (χ4n) is 2.38. The minimum atomic E-state index is 0.765. The molecule has 0 heterocycles. The maximum atomic E-state index is 5.35. The molecule has 0 unspecified atom stereocenters. The zero-order chi connectivity index (χ0) is 13.2. The molecule has 0 bridgehead atoms. The first kappa shape index (κ1) is 12.1. The van der Waals surface area contributed by atoms with Crippen molar-refractivity contribution in [2.75, 3.05) is 14.2 Å². The van der Waals surface area contributed by atoms with E-state index in [2.05, 4.69) is 30.3 Å². The largest absolute Gasteiger partial charge is 0.493 e. The molecule has 98 valence electrons. The third kappa shape index (κ3) is 2.43. The fourth-order valence-corrected chi connectivity index (χ4v) is 2.38. The summed E-state index contributed by atoms with van der Waals surface area (Å²) in [6.07, 6.45) is 2.69. The Hall–Kier alpha value is -1.96. The number of hydrogen-bond donors (Lipinski definition) is 0. The molecule has 0 aromatic heterocycles. The summed E-state index contributed by atoms with van der Waals surface area (Å²) in [4.78, 5) is 0. The highest BCUT2D eigenvalue weighted by atomic mass is 16.5. The smallest absolute Gasteiger partial charge is 0.161 e. The van der Waals surface area contributed by atoms with Crippen LogP contribution >= 0.6 is 0 Å². The van der Waals surface area contributed by atoms with E-state index in [1.807, 2.05) is 12.1 Å². The highest BCUT2D eigenvalue weighted by molar-refractivity contribution is 5.67. The Bertz CT molecular complexity index is 568. The number of hydrogen-bond acceptors (Lipinski definition) is 2. The van der Waals surface area contributed by atoms with Gasteiger partial charge in [0.05, 0.1) is 14.2 Å². The van der Waals surface area contributed by atoms with Crippen LogP contribution in [0.2, 0.25) is 0 Å². The average molecular weight is 254 g/mol. The Kier molecular flexibility index (Phi) is 3.16. The van der Waals surface area contributed by atoms with Crippen LogP contribution in [-0.2, 0) is 0 Å². The van der Waals surface area contributed by atoms with E-state index < -0.39 is 0 Å². The monoisotopic (exact) mass is 254 g/mol. The second-order valence-electron chi connectivity index (χ2n) is 4.97. The summed E-state index contributed by atoms with van der Waals surface area (Å²) in [5.74, 6) is 2.34. The molecular weight excluding hydrogens is 236 g/mol. The maximum absolute atomic E-state index is 5.35. The number of ether oxygens (including phenoxy) is 2. The van der Waals surface area contributed by atoms with Crippen LogP contribution < -0.4 is 9.47 Å². The SMILES string of the molecule is COc1ccc(-c2ccc(C3CC3)cc2)cc1OC. The van der Waals surface area contributed by atoms with E-state index in [0.29, 0.717) is 0 Å². The molecule has 0 spiro atoms. The van der Waals surface area contributed by atoms with Gasteiger partial charge in [0.1, 0.15) is 0 Å². The van der Waals surface area contributed by atoms with Gasteiger partial charge in [-0.25, -0.2) is 0 Å². The van der Waals surface area contributed by atoms with Gasteiger partial charge in [-0.1, -0.05) is 30.3 Å². The molecule has 19 heavy (non-hydrogen) atoms. The molecule has 0 atom stereocenters. The Morgan fingerprint density at radius 3 is 2.00 bits per heavy atom. The highest BCUT2D eigenvalue weighted by Gasteiger charge is 2.22. The molecule has 1 saturated carbocycles. The van der Waals surface area contributed by atoms with E-state index in [4.69, 9.17) is 9.47 Å². The zero-order valence-corrected chi connectivity index (χ0v) is 11.3. The molecule has 2 heteroatoms. The second kappa shape index (κ2) is 4.96. The second-order valence-corrected chi connectivity index (χ2v) is 4.97. The van der Waals surface area contributed by atoms with Crippen molar-refractivity contribution in [2.45, 2.75) is 18.8 Å². The third-order valence-electron chi connectivity index (χ3n) is 3.68. The first-order chi connectivity index (χ1) is 9.31. The van der Waals surface area contributed by atoms with Crippen LogP contribution in [0.5, 0.6) is 11.5 Å². The van der Waals surface area contributed by atoms with E-state index in [-0.39, 0.29) is 0 Å². The summed E-state index contributed by atoms with van der Waals surface area (Å²) in [7, 11) is 3.32. The summed E-state index contributed by atoms with van der Waals surface area (Å²) in [6.45, 7) is 0. The number of rotatable bonds is 4. The molecule has 1 aliphatic carbocycles. The standard InChI is InChI=1S/C17H18O2/c1-18-16-10-9-15(11-17(16)19-2)14-7-5-13(6-8-14)12-3-4-12/h5-12H,3-4H2,1-2H3. The topological polar surface area (TPSA) is 18.5 Å². The summed E-state index contributed by atoms with van der Waals surface area (Å²) >= 11 is 0. The van der Waals surface area contributed by atoms with Crippen LogP contribution in [0.4, 0.5) is 0 Å². The Labute approximate surface area is 114 Å². The fraction of sp³-hybridized carbons (Fsp3) is 0.294. The third-order valence-corrected chi connectivity index (χ3v) is 3.68. The lowest BCUT2D eigenvalue weighted by Crippen LogP contribution is -1.91. The van der Waals surface area contributed by atoms with Crippen molar-refractivity contribution >= 4 is 0 Å². The molecule has 0 aliphatic heterocycles. The van der Waals surface area contributed by atoms with Gasteiger partial charge in [0.25, 0.3) is 0 Å². The van der Waals surface area contributed by atoms with Crippen molar-refractivity contribution < 1.29 is 9.47 Å². The van der Waals surface area contributed by atoms with Crippen LogP contribution in [0.1, 0.15) is 24.3 Å². The van der Waals surface area contributed by atoms with Gasteiger partial charge in [-0.3, -0.25) is 0 Å². The zero-order valence-electron chi connectivity index (χ0n) is 11.3. The molecule has 0 saturated heterocycles. The molecule has 2 aromatic rings. The summed E-state index contributed by atoms with van der Waals surface area (Å²) < 4.78 is 10.6.